The van der Waals surface area contributed by atoms with E-state index in [-0.39, 0.29) is 11.5 Å². The zero-order valence-electron chi connectivity index (χ0n) is 16.4. The maximum atomic E-state index is 12.6. The van der Waals surface area contributed by atoms with Gasteiger partial charge in [0.15, 0.2) is 5.76 Å². The topological polar surface area (TPSA) is 112 Å². The Morgan fingerprint density at radius 3 is 2.84 bits per heavy atom. The Balaban J connectivity index is 1.39. The van der Waals surface area contributed by atoms with E-state index in [0.29, 0.717) is 34.3 Å². The third-order valence-electron chi connectivity index (χ3n) is 5.00. The molecule has 0 aliphatic carbocycles. The van der Waals surface area contributed by atoms with Crippen LogP contribution < -0.4 is 10.6 Å². The number of thioether (sulfide) groups is 1. The Hall–Kier alpha value is -2.69. The molecule has 1 aromatic carbocycles. The molecule has 0 radical (unpaired) electrons. The molecule has 2 amide bonds. The van der Waals surface area contributed by atoms with E-state index in [1.54, 1.807) is 12.1 Å². The van der Waals surface area contributed by atoms with Crippen LogP contribution in [-0.4, -0.2) is 45.0 Å². The van der Waals surface area contributed by atoms with E-state index in [1.165, 1.54) is 28.8 Å². The summed E-state index contributed by atoms with van der Waals surface area (Å²) in [5.41, 5.74) is 1.11. The van der Waals surface area contributed by atoms with Crippen LogP contribution in [-0.2, 0) is 16.1 Å². The molecule has 3 N–H and O–H groups in total. The lowest BCUT2D eigenvalue weighted by atomic mass is 10.0. The summed E-state index contributed by atoms with van der Waals surface area (Å²) in [7, 11) is 0. The van der Waals surface area contributed by atoms with Crippen molar-refractivity contribution < 1.29 is 23.9 Å². The highest BCUT2D eigenvalue weighted by molar-refractivity contribution is 9.10. The fraction of sp³-hybridized carbons (Fsp3) is 0.190. The molecule has 166 valence electrons. The molecule has 1 saturated heterocycles. The van der Waals surface area contributed by atoms with Gasteiger partial charge in [0.25, 0.3) is 11.8 Å². The van der Waals surface area contributed by atoms with Crippen LogP contribution in [0.25, 0.3) is 0 Å². The number of rotatable bonds is 7. The van der Waals surface area contributed by atoms with Gasteiger partial charge in [0.1, 0.15) is 22.9 Å². The van der Waals surface area contributed by atoms with Crippen LogP contribution in [0, 0.1) is 0 Å². The second kappa shape index (κ2) is 9.05. The molecule has 3 heterocycles. The number of β-lactam (4-membered cyclic amide) rings is 1. The maximum absolute atomic E-state index is 12.6. The third kappa shape index (κ3) is 4.17. The molecule has 0 saturated carbocycles. The van der Waals surface area contributed by atoms with Gasteiger partial charge in [-0.05, 0) is 35.9 Å². The lowest BCUT2D eigenvalue weighted by molar-refractivity contribution is -0.148. The summed E-state index contributed by atoms with van der Waals surface area (Å²) in [6.07, 6.45) is 1.44. The van der Waals surface area contributed by atoms with Gasteiger partial charge in [-0.1, -0.05) is 40.2 Å². The number of aliphatic carboxylic acids is 1. The van der Waals surface area contributed by atoms with E-state index < -0.39 is 29.2 Å². The Labute approximate surface area is 200 Å². The van der Waals surface area contributed by atoms with Crippen molar-refractivity contribution >= 4 is 62.8 Å². The van der Waals surface area contributed by atoms with Crippen LogP contribution in [0.3, 0.4) is 0 Å². The Morgan fingerprint density at radius 2 is 2.16 bits per heavy atom. The van der Waals surface area contributed by atoms with Crippen LogP contribution >= 0.6 is 39.3 Å². The molecule has 0 bridgehead atoms. The standard InChI is InChI=1S/C21H17BrClN3O5S/c1-2-10-9-32-20-16(19(28)26(20)17(10)21(29)30)25-18(27)15-6-4-12(31-15)8-24-14-5-3-11(22)7-13(14)23/h2-7,16,20,24H,1,8-9H2,(H,25,27)(H,29,30)/t16-,20-/m1/s1. The second-order valence-corrected chi connectivity index (χ2v) is 9.42. The van der Waals surface area contributed by atoms with E-state index in [0.717, 1.165) is 4.47 Å². The number of hydrogen-bond acceptors (Lipinski definition) is 6. The summed E-state index contributed by atoms with van der Waals surface area (Å²) in [5.74, 6) is -1.28. The smallest absolute Gasteiger partial charge is 0.352 e. The van der Waals surface area contributed by atoms with Crippen molar-refractivity contribution in [3.8, 4) is 0 Å². The van der Waals surface area contributed by atoms with E-state index in [4.69, 9.17) is 16.0 Å². The largest absolute Gasteiger partial charge is 0.477 e. The second-order valence-electron chi connectivity index (χ2n) is 6.99. The number of carbonyl (C=O) groups excluding carboxylic acids is 2. The average molecular weight is 539 g/mol. The molecule has 2 aliphatic heterocycles. The summed E-state index contributed by atoms with van der Waals surface area (Å²) in [6, 6.07) is 7.76. The predicted octanol–water partition coefficient (Wildman–Crippen LogP) is 3.85. The first kappa shape index (κ1) is 22.5. The minimum atomic E-state index is -1.20. The minimum Gasteiger partial charge on any atom is -0.477 e. The highest BCUT2D eigenvalue weighted by atomic mass is 79.9. The molecule has 1 aromatic heterocycles. The van der Waals surface area contributed by atoms with Crippen LogP contribution in [0.15, 0.2) is 63.1 Å². The molecule has 2 atom stereocenters. The Bertz CT molecular complexity index is 1160. The van der Waals surface area contributed by atoms with Crippen molar-refractivity contribution in [3.05, 3.63) is 75.3 Å². The van der Waals surface area contributed by atoms with E-state index in [1.807, 2.05) is 12.1 Å². The van der Waals surface area contributed by atoms with Gasteiger partial charge in [-0.2, -0.15) is 0 Å². The van der Waals surface area contributed by atoms with Crippen molar-refractivity contribution in [2.75, 3.05) is 11.1 Å². The predicted molar refractivity (Wildman–Crippen MR) is 124 cm³/mol. The van der Waals surface area contributed by atoms with Crippen LogP contribution in [0.1, 0.15) is 16.3 Å². The number of fused-ring (bicyclic) bond motifs is 1. The van der Waals surface area contributed by atoms with Gasteiger partial charge >= 0.3 is 5.97 Å². The number of hydrogen-bond donors (Lipinski definition) is 3. The highest BCUT2D eigenvalue weighted by Gasteiger charge is 2.54. The SMILES string of the molecule is C=CC1=C(C(=O)O)N2C(=O)[C@@H](NC(=O)c3ccc(CNc4ccc(Br)cc4Cl)o3)[C@H]2SC1. The van der Waals surface area contributed by atoms with Gasteiger partial charge in [0.05, 0.1) is 17.3 Å². The third-order valence-corrected chi connectivity index (χ3v) is 7.11. The first-order valence-corrected chi connectivity index (χ1v) is 11.6. The molecule has 1 fully saturated rings. The van der Waals surface area contributed by atoms with Gasteiger partial charge in [-0.3, -0.25) is 14.5 Å². The van der Waals surface area contributed by atoms with Crippen molar-refractivity contribution in [1.82, 2.24) is 10.2 Å². The molecule has 2 aromatic rings. The zero-order chi connectivity index (χ0) is 23.0. The highest BCUT2D eigenvalue weighted by Crippen LogP contribution is 2.40. The van der Waals surface area contributed by atoms with Gasteiger partial charge < -0.3 is 20.2 Å². The Morgan fingerprint density at radius 1 is 1.38 bits per heavy atom. The molecule has 8 nitrogen and oxygen atoms in total. The number of nitrogens with one attached hydrogen (secondary N) is 2. The number of nitrogens with zero attached hydrogens (tertiary/aromatic N) is 1. The van der Waals surface area contributed by atoms with Gasteiger partial charge in [0, 0.05) is 10.2 Å². The van der Waals surface area contributed by atoms with Crippen molar-refractivity contribution in [1.29, 1.82) is 0 Å². The summed E-state index contributed by atoms with van der Waals surface area (Å²) in [5, 5.41) is 15.3. The first-order chi connectivity index (χ1) is 15.3. The van der Waals surface area contributed by atoms with Gasteiger partial charge in [-0.15, -0.1) is 11.8 Å². The number of carboxylic acid groups (broad SMARTS) is 1. The fourth-order valence-corrected chi connectivity index (χ4v) is 5.50. The molecule has 0 spiro atoms. The number of halogens is 2. The number of anilines is 1. The number of amides is 2. The maximum Gasteiger partial charge on any atom is 0.352 e. The number of carboxylic acids is 1. The first-order valence-electron chi connectivity index (χ1n) is 9.42. The molecule has 11 heteroatoms. The minimum absolute atomic E-state index is 0.0524. The van der Waals surface area contributed by atoms with Gasteiger partial charge in [-0.25, -0.2) is 4.79 Å². The fourth-order valence-electron chi connectivity index (χ4n) is 3.42. The monoisotopic (exact) mass is 537 g/mol. The number of furan rings is 1. The molecule has 4 rings (SSSR count). The molecule has 32 heavy (non-hydrogen) atoms. The summed E-state index contributed by atoms with van der Waals surface area (Å²) in [4.78, 5) is 38.0. The van der Waals surface area contributed by atoms with E-state index >= 15 is 0 Å². The van der Waals surface area contributed by atoms with Crippen molar-refractivity contribution in [2.45, 2.75) is 18.0 Å². The zero-order valence-corrected chi connectivity index (χ0v) is 19.6. The molecule has 2 aliphatic rings. The van der Waals surface area contributed by atoms with E-state index in [2.05, 4.69) is 33.1 Å². The normalized spacial score (nSPS) is 19.8. The van der Waals surface area contributed by atoms with Crippen molar-refractivity contribution in [2.24, 2.45) is 0 Å². The lowest BCUT2D eigenvalue weighted by Gasteiger charge is -2.49. The van der Waals surface area contributed by atoms with Crippen molar-refractivity contribution in [3.63, 3.8) is 0 Å². The average Bonchev–Trinajstić information content (AvgIpc) is 3.24. The van der Waals surface area contributed by atoms with Crippen LogP contribution in [0.2, 0.25) is 5.02 Å². The molecular formula is C21H17BrClN3O5S. The quantitative estimate of drug-likeness (QED) is 0.459. The lowest BCUT2D eigenvalue weighted by Crippen LogP contribution is -2.70. The van der Waals surface area contributed by atoms with Crippen LogP contribution in [0.5, 0.6) is 0 Å². The molecule has 0 unspecified atom stereocenters. The number of allylic oxidation sites excluding steroid dienone is 1. The number of carbonyl (C=O) groups is 3. The van der Waals surface area contributed by atoms with E-state index in [9.17, 15) is 19.5 Å². The van der Waals surface area contributed by atoms with Crippen LogP contribution in [0.4, 0.5) is 5.69 Å². The summed E-state index contributed by atoms with van der Waals surface area (Å²) >= 11 is 10.9. The molecular weight excluding hydrogens is 522 g/mol. The summed E-state index contributed by atoms with van der Waals surface area (Å²) in [6.45, 7) is 3.91. The Kier molecular flexibility index (Phi) is 6.36. The summed E-state index contributed by atoms with van der Waals surface area (Å²) < 4.78 is 6.45. The van der Waals surface area contributed by atoms with Gasteiger partial charge in [0.2, 0.25) is 0 Å². The number of benzene rings is 1.